The first-order valence-corrected chi connectivity index (χ1v) is 5.81. The minimum absolute atomic E-state index is 0.0411. The quantitative estimate of drug-likeness (QED) is 0.858. The summed E-state index contributed by atoms with van der Waals surface area (Å²) in [6.07, 6.45) is 0. The van der Waals surface area contributed by atoms with Gasteiger partial charge in [-0.15, -0.1) is 0 Å². The molecule has 1 aromatic rings. The first-order chi connectivity index (χ1) is 8.69. The van der Waals surface area contributed by atoms with Crippen LogP contribution in [0.5, 0.6) is 11.5 Å². The molecule has 0 spiro atoms. The summed E-state index contributed by atoms with van der Waals surface area (Å²) in [5.41, 5.74) is 0.573. The van der Waals surface area contributed by atoms with Gasteiger partial charge in [0.25, 0.3) is 5.91 Å². The number of aliphatic hydroxyl groups is 1. The number of carbonyl (C=O) groups is 1. The average molecular weight is 251 g/mol. The van der Waals surface area contributed by atoms with Crippen molar-refractivity contribution in [1.82, 2.24) is 4.90 Å². The van der Waals surface area contributed by atoms with Gasteiger partial charge in [-0.25, -0.2) is 0 Å². The third-order valence-corrected chi connectivity index (χ3v) is 3.13. The SMILES string of the molecule is COc1ccc(C(=O)N2CC(CO)C2)cc1OC. The van der Waals surface area contributed by atoms with Crippen LogP contribution in [0, 0.1) is 5.92 Å². The van der Waals surface area contributed by atoms with Gasteiger partial charge in [0.05, 0.1) is 14.2 Å². The van der Waals surface area contributed by atoms with E-state index in [1.807, 2.05) is 0 Å². The van der Waals surface area contributed by atoms with Gasteiger partial charge in [0.1, 0.15) is 0 Å². The van der Waals surface area contributed by atoms with Crippen LogP contribution in [0.25, 0.3) is 0 Å². The summed E-state index contributed by atoms with van der Waals surface area (Å²) in [7, 11) is 3.10. The number of methoxy groups -OCH3 is 2. The van der Waals surface area contributed by atoms with E-state index in [2.05, 4.69) is 0 Å². The Morgan fingerprint density at radius 1 is 1.33 bits per heavy atom. The fraction of sp³-hybridized carbons (Fsp3) is 0.462. The van der Waals surface area contributed by atoms with Crippen molar-refractivity contribution in [3.05, 3.63) is 23.8 Å². The summed E-state index contributed by atoms with van der Waals surface area (Å²) >= 11 is 0. The van der Waals surface area contributed by atoms with E-state index in [0.717, 1.165) is 0 Å². The zero-order valence-electron chi connectivity index (χ0n) is 10.5. The Balaban J connectivity index is 2.11. The van der Waals surface area contributed by atoms with Crippen LogP contribution in [0.3, 0.4) is 0 Å². The van der Waals surface area contributed by atoms with Crippen LogP contribution in [-0.2, 0) is 0 Å². The predicted octanol–water partition coefficient (Wildman–Crippen LogP) is 0.768. The normalized spacial score (nSPS) is 15.2. The van der Waals surface area contributed by atoms with Gasteiger partial charge in [0, 0.05) is 31.2 Å². The van der Waals surface area contributed by atoms with Crippen LogP contribution in [-0.4, -0.2) is 49.8 Å². The largest absolute Gasteiger partial charge is 0.493 e. The minimum atomic E-state index is -0.0411. The number of rotatable bonds is 4. The second kappa shape index (κ2) is 5.27. The van der Waals surface area contributed by atoms with E-state index in [0.29, 0.717) is 30.2 Å². The Hall–Kier alpha value is -1.75. The standard InChI is InChI=1S/C13H17NO4/c1-17-11-4-3-10(5-12(11)18-2)13(16)14-6-9(7-14)8-15/h3-5,9,15H,6-8H2,1-2H3. The Bertz CT molecular complexity index is 441. The van der Waals surface area contributed by atoms with Crippen molar-refractivity contribution in [2.24, 2.45) is 5.92 Å². The van der Waals surface area contributed by atoms with Crippen LogP contribution in [0.15, 0.2) is 18.2 Å². The summed E-state index contributed by atoms with van der Waals surface area (Å²) < 4.78 is 10.3. The summed E-state index contributed by atoms with van der Waals surface area (Å²) in [4.78, 5) is 13.8. The smallest absolute Gasteiger partial charge is 0.254 e. The van der Waals surface area contributed by atoms with Crippen molar-refractivity contribution >= 4 is 5.91 Å². The molecule has 1 aliphatic heterocycles. The van der Waals surface area contributed by atoms with Crippen LogP contribution in [0.1, 0.15) is 10.4 Å². The molecule has 5 heteroatoms. The summed E-state index contributed by atoms with van der Waals surface area (Å²) in [5, 5.41) is 8.93. The van der Waals surface area contributed by atoms with E-state index in [9.17, 15) is 4.79 Å². The molecule has 2 rings (SSSR count). The molecule has 0 unspecified atom stereocenters. The summed E-state index contributed by atoms with van der Waals surface area (Å²) in [6.45, 7) is 1.36. The lowest BCUT2D eigenvalue weighted by Crippen LogP contribution is -2.51. The maximum Gasteiger partial charge on any atom is 0.254 e. The van der Waals surface area contributed by atoms with Gasteiger partial charge >= 0.3 is 0 Å². The first kappa shape index (κ1) is 12.7. The van der Waals surface area contributed by atoms with E-state index >= 15 is 0 Å². The number of likely N-dealkylation sites (tertiary alicyclic amines) is 1. The number of hydrogen-bond acceptors (Lipinski definition) is 4. The van der Waals surface area contributed by atoms with Crippen molar-refractivity contribution in [2.75, 3.05) is 33.9 Å². The lowest BCUT2D eigenvalue weighted by Gasteiger charge is -2.38. The zero-order valence-corrected chi connectivity index (χ0v) is 10.5. The van der Waals surface area contributed by atoms with Crippen LogP contribution in [0.2, 0.25) is 0 Å². The third kappa shape index (κ3) is 2.26. The Morgan fingerprint density at radius 3 is 2.56 bits per heavy atom. The number of ether oxygens (including phenoxy) is 2. The minimum Gasteiger partial charge on any atom is -0.493 e. The molecule has 0 bridgehead atoms. The van der Waals surface area contributed by atoms with Gasteiger partial charge in [-0.2, -0.15) is 0 Å². The van der Waals surface area contributed by atoms with Gasteiger partial charge in [0.2, 0.25) is 0 Å². The highest BCUT2D eigenvalue weighted by Gasteiger charge is 2.30. The highest BCUT2D eigenvalue weighted by atomic mass is 16.5. The van der Waals surface area contributed by atoms with Gasteiger partial charge < -0.3 is 19.5 Å². The average Bonchev–Trinajstić information content (AvgIpc) is 2.36. The zero-order chi connectivity index (χ0) is 13.1. The number of benzene rings is 1. The number of nitrogens with zero attached hydrogens (tertiary/aromatic N) is 1. The van der Waals surface area contributed by atoms with Gasteiger partial charge in [-0.1, -0.05) is 0 Å². The van der Waals surface area contributed by atoms with E-state index in [-0.39, 0.29) is 18.4 Å². The topological polar surface area (TPSA) is 59.0 Å². The Labute approximate surface area is 106 Å². The summed E-state index contributed by atoms with van der Waals surface area (Å²) in [6, 6.07) is 5.11. The molecule has 0 aliphatic carbocycles. The fourth-order valence-electron chi connectivity index (χ4n) is 2.00. The first-order valence-electron chi connectivity index (χ1n) is 5.81. The lowest BCUT2D eigenvalue weighted by atomic mass is 10.00. The molecule has 1 fully saturated rings. The molecule has 18 heavy (non-hydrogen) atoms. The van der Waals surface area contributed by atoms with Gasteiger partial charge in [0.15, 0.2) is 11.5 Å². The molecule has 0 saturated carbocycles. The number of hydrogen-bond donors (Lipinski definition) is 1. The molecular weight excluding hydrogens is 234 g/mol. The highest BCUT2D eigenvalue weighted by molar-refractivity contribution is 5.95. The van der Waals surface area contributed by atoms with Gasteiger partial charge in [-0.3, -0.25) is 4.79 Å². The predicted molar refractivity (Wildman–Crippen MR) is 66.0 cm³/mol. The van der Waals surface area contributed by atoms with Crippen LogP contribution >= 0.6 is 0 Å². The van der Waals surface area contributed by atoms with Gasteiger partial charge in [-0.05, 0) is 18.2 Å². The molecule has 0 atom stereocenters. The molecule has 1 amide bonds. The number of aliphatic hydroxyl groups excluding tert-OH is 1. The second-order valence-corrected chi connectivity index (χ2v) is 4.33. The Kier molecular flexibility index (Phi) is 3.72. The van der Waals surface area contributed by atoms with Crippen LogP contribution in [0.4, 0.5) is 0 Å². The molecule has 98 valence electrons. The molecule has 5 nitrogen and oxygen atoms in total. The van der Waals surface area contributed by atoms with E-state index in [1.54, 1.807) is 30.2 Å². The number of amides is 1. The molecule has 0 radical (unpaired) electrons. The lowest BCUT2D eigenvalue weighted by molar-refractivity contribution is 0.0361. The molecular formula is C13H17NO4. The van der Waals surface area contributed by atoms with Crippen molar-refractivity contribution < 1.29 is 19.4 Å². The summed E-state index contributed by atoms with van der Waals surface area (Å²) in [5.74, 6) is 1.32. The monoisotopic (exact) mass is 251 g/mol. The number of carbonyl (C=O) groups excluding carboxylic acids is 1. The maximum absolute atomic E-state index is 12.1. The van der Waals surface area contributed by atoms with Crippen molar-refractivity contribution in [2.45, 2.75) is 0 Å². The fourth-order valence-corrected chi connectivity index (χ4v) is 2.00. The van der Waals surface area contributed by atoms with Crippen molar-refractivity contribution in [3.8, 4) is 11.5 Å². The van der Waals surface area contributed by atoms with Crippen LogP contribution < -0.4 is 9.47 Å². The highest BCUT2D eigenvalue weighted by Crippen LogP contribution is 2.29. The van der Waals surface area contributed by atoms with Crippen molar-refractivity contribution in [1.29, 1.82) is 0 Å². The van der Waals surface area contributed by atoms with E-state index in [4.69, 9.17) is 14.6 Å². The third-order valence-electron chi connectivity index (χ3n) is 3.13. The molecule has 1 N–H and O–H groups in total. The molecule has 1 aliphatic rings. The molecule has 1 aromatic carbocycles. The molecule has 1 saturated heterocycles. The van der Waals surface area contributed by atoms with Crippen molar-refractivity contribution in [3.63, 3.8) is 0 Å². The Morgan fingerprint density at radius 2 is 2.00 bits per heavy atom. The van der Waals surface area contributed by atoms with E-state index in [1.165, 1.54) is 7.11 Å². The molecule has 1 heterocycles. The maximum atomic E-state index is 12.1. The second-order valence-electron chi connectivity index (χ2n) is 4.33. The van der Waals surface area contributed by atoms with E-state index < -0.39 is 0 Å². The molecule has 0 aromatic heterocycles.